The minimum atomic E-state index is -0.195. The largest absolute Gasteiger partial charge is 0.326 e. The summed E-state index contributed by atoms with van der Waals surface area (Å²) in [5.41, 5.74) is 1.62. The first-order valence-corrected chi connectivity index (χ1v) is 11.2. The van der Waals surface area contributed by atoms with Crippen molar-refractivity contribution in [1.29, 1.82) is 0 Å². The molecule has 2 atom stereocenters. The van der Waals surface area contributed by atoms with Crippen LogP contribution in [0.2, 0.25) is 0 Å². The maximum atomic E-state index is 12.5. The zero-order chi connectivity index (χ0) is 19.0. The van der Waals surface area contributed by atoms with Gasteiger partial charge in [0, 0.05) is 18.7 Å². The highest BCUT2D eigenvalue weighted by molar-refractivity contribution is 8.00. The first-order valence-electron chi connectivity index (χ1n) is 9.16. The number of carbonyl (C=O) groups excluding carboxylic acids is 3. The Kier molecular flexibility index (Phi) is 5.19. The molecule has 1 aromatic carbocycles. The lowest BCUT2D eigenvalue weighted by Gasteiger charge is -2.19. The fraction of sp³-hybridized carbons (Fsp3) is 0.474. The van der Waals surface area contributed by atoms with Crippen molar-refractivity contribution < 1.29 is 14.4 Å². The van der Waals surface area contributed by atoms with E-state index in [0.717, 1.165) is 40.2 Å². The van der Waals surface area contributed by atoms with Gasteiger partial charge >= 0.3 is 0 Å². The van der Waals surface area contributed by atoms with Gasteiger partial charge in [0.05, 0.1) is 22.1 Å². The van der Waals surface area contributed by atoms with Crippen LogP contribution in [0.5, 0.6) is 0 Å². The minimum Gasteiger partial charge on any atom is -0.326 e. The van der Waals surface area contributed by atoms with E-state index < -0.39 is 0 Å². The third-order valence-corrected chi connectivity index (χ3v) is 7.33. The van der Waals surface area contributed by atoms with Crippen molar-refractivity contribution in [2.24, 2.45) is 11.8 Å². The van der Waals surface area contributed by atoms with Crippen molar-refractivity contribution >= 4 is 56.7 Å². The number of nitrogens with zero attached hydrogens (tertiary/aromatic N) is 2. The summed E-state index contributed by atoms with van der Waals surface area (Å²) in [7, 11) is 0. The number of amides is 3. The van der Waals surface area contributed by atoms with E-state index in [1.807, 2.05) is 24.5 Å². The van der Waals surface area contributed by atoms with Crippen molar-refractivity contribution in [3.63, 3.8) is 0 Å². The first-order chi connectivity index (χ1) is 13.1. The van der Waals surface area contributed by atoms with Crippen LogP contribution in [0.1, 0.15) is 32.1 Å². The third-order valence-electron chi connectivity index (χ3n) is 5.32. The number of carbonyl (C=O) groups is 3. The van der Waals surface area contributed by atoms with Crippen LogP contribution >= 0.6 is 23.1 Å². The smallest absolute Gasteiger partial charge is 0.233 e. The van der Waals surface area contributed by atoms with Crippen molar-refractivity contribution in [3.05, 3.63) is 18.2 Å². The van der Waals surface area contributed by atoms with E-state index in [1.54, 1.807) is 23.1 Å². The Morgan fingerprint density at radius 1 is 1.26 bits per heavy atom. The first kappa shape index (κ1) is 18.4. The molecule has 1 aliphatic carbocycles. The van der Waals surface area contributed by atoms with Gasteiger partial charge in [-0.3, -0.25) is 19.3 Å². The highest BCUT2D eigenvalue weighted by atomic mass is 32.2. The van der Waals surface area contributed by atoms with Crippen LogP contribution in [0.25, 0.3) is 10.2 Å². The molecule has 3 amide bonds. The summed E-state index contributed by atoms with van der Waals surface area (Å²) in [6, 6.07) is 5.62. The number of imide groups is 1. The van der Waals surface area contributed by atoms with Crippen molar-refractivity contribution in [1.82, 2.24) is 9.88 Å². The lowest BCUT2D eigenvalue weighted by Crippen LogP contribution is -2.34. The van der Waals surface area contributed by atoms with Crippen LogP contribution in [-0.4, -0.2) is 40.4 Å². The second kappa shape index (κ2) is 7.59. The van der Waals surface area contributed by atoms with Crippen LogP contribution < -0.4 is 5.32 Å². The predicted octanol–water partition coefficient (Wildman–Crippen LogP) is 3.52. The van der Waals surface area contributed by atoms with E-state index in [1.165, 1.54) is 4.90 Å². The summed E-state index contributed by atoms with van der Waals surface area (Å²) < 4.78 is 2.01. The molecule has 1 aliphatic heterocycles. The second-order valence-corrected chi connectivity index (χ2v) is 9.07. The normalized spacial score (nSPS) is 22.3. The highest BCUT2D eigenvalue weighted by Crippen LogP contribution is 2.38. The van der Waals surface area contributed by atoms with Crippen LogP contribution in [0.3, 0.4) is 0 Å². The molecule has 0 bridgehead atoms. The molecule has 1 aromatic heterocycles. The van der Waals surface area contributed by atoms with E-state index in [9.17, 15) is 14.4 Å². The van der Waals surface area contributed by atoms with Gasteiger partial charge in [-0.2, -0.15) is 0 Å². The van der Waals surface area contributed by atoms with Gasteiger partial charge in [0.2, 0.25) is 17.7 Å². The standard InChI is InChI=1S/C19H21N3O3S2/c1-26-19-21-14-7-6-11(10-15(14)27-19)20-16(23)8-9-22-17(24)12-4-2-3-5-13(12)18(22)25/h6-7,10,12-13H,2-5,8-9H2,1H3,(H,20,23)/t12-,13-/m0/s1. The van der Waals surface area contributed by atoms with Gasteiger partial charge in [-0.05, 0) is 37.3 Å². The van der Waals surface area contributed by atoms with Gasteiger partial charge < -0.3 is 5.32 Å². The molecule has 2 aliphatic rings. The number of likely N-dealkylation sites (tertiary alicyclic amines) is 1. The number of aromatic nitrogens is 1. The molecule has 8 heteroatoms. The molecule has 2 heterocycles. The van der Waals surface area contributed by atoms with Gasteiger partial charge in [-0.1, -0.05) is 24.6 Å². The number of benzene rings is 1. The van der Waals surface area contributed by atoms with Gasteiger partial charge in [-0.15, -0.1) is 11.3 Å². The lowest BCUT2D eigenvalue weighted by molar-refractivity contribution is -0.140. The number of rotatable bonds is 5. The Morgan fingerprint density at radius 3 is 2.63 bits per heavy atom. The summed E-state index contributed by atoms with van der Waals surface area (Å²) in [6.45, 7) is 0.163. The maximum Gasteiger partial charge on any atom is 0.233 e. The van der Waals surface area contributed by atoms with E-state index in [0.29, 0.717) is 5.69 Å². The monoisotopic (exact) mass is 403 g/mol. The van der Waals surface area contributed by atoms with Gasteiger partial charge in [0.25, 0.3) is 0 Å². The molecule has 1 N–H and O–H groups in total. The zero-order valence-electron chi connectivity index (χ0n) is 15.1. The zero-order valence-corrected chi connectivity index (χ0v) is 16.7. The Balaban J connectivity index is 1.37. The molecular formula is C19H21N3O3S2. The molecule has 0 radical (unpaired) electrons. The van der Waals surface area contributed by atoms with Crippen LogP contribution in [-0.2, 0) is 14.4 Å². The molecule has 142 valence electrons. The number of anilines is 1. The molecule has 4 rings (SSSR count). The average Bonchev–Trinajstić information content (AvgIpc) is 3.19. The summed E-state index contributed by atoms with van der Waals surface area (Å²) in [4.78, 5) is 43.0. The molecule has 2 aromatic rings. The van der Waals surface area contributed by atoms with Gasteiger partial charge in [0.1, 0.15) is 0 Å². The molecule has 6 nitrogen and oxygen atoms in total. The number of nitrogens with one attached hydrogen (secondary N) is 1. The van der Waals surface area contributed by atoms with Gasteiger partial charge in [-0.25, -0.2) is 4.98 Å². The molecule has 1 saturated carbocycles. The molecule has 27 heavy (non-hydrogen) atoms. The van der Waals surface area contributed by atoms with Crippen LogP contribution in [0.4, 0.5) is 5.69 Å². The molecule has 0 unspecified atom stereocenters. The Labute approximate surface area is 165 Å². The fourth-order valence-corrected chi connectivity index (χ4v) is 5.49. The number of hydrogen-bond donors (Lipinski definition) is 1. The molecule has 0 spiro atoms. The van der Waals surface area contributed by atoms with E-state index in [2.05, 4.69) is 10.3 Å². The summed E-state index contributed by atoms with van der Waals surface area (Å²) in [5, 5.41) is 2.86. The van der Waals surface area contributed by atoms with Crippen LogP contribution in [0, 0.1) is 11.8 Å². The minimum absolute atomic E-state index is 0.0897. The van der Waals surface area contributed by atoms with Crippen LogP contribution in [0.15, 0.2) is 22.5 Å². The maximum absolute atomic E-state index is 12.5. The number of thiazole rings is 1. The molecule has 2 fully saturated rings. The predicted molar refractivity (Wildman–Crippen MR) is 107 cm³/mol. The Bertz CT molecular complexity index is 887. The molecule has 1 saturated heterocycles. The SMILES string of the molecule is CSc1nc2ccc(NC(=O)CCN3C(=O)[C@H]4CCCC[C@@H]4C3=O)cc2s1. The number of fused-ring (bicyclic) bond motifs is 2. The Hall–Kier alpha value is -1.93. The van der Waals surface area contributed by atoms with Crippen molar-refractivity contribution in [3.8, 4) is 0 Å². The average molecular weight is 404 g/mol. The topological polar surface area (TPSA) is 79.4 Å². The summed E-state index contributed by atoms with van der Waals surface area (Å²) in [5.74, 6) is -0.692. The van der Waals surface area contributed by atoms with Crippen molar-refractivity contribution in [2.45, 2.75) is 36.4 Å². The number of hydrogen-bond acceptors (Lipinski definition) is 6. The second-order valence-electron chi connectivity index (χ2n) is 6.99. The third kappa shape index (κ3) is 3.60. The summed E-state index contributed by atoms with van der Waals surface area (Å²) in [6.07, 6.45) is 5.71. The van der Waals surface area contributed by atoms with E-state index >= 15 is 0 Å². The summed E-state index contributed by atoms with van der Waals surface area (Å²) >= 11 is 3.18. The van der Waals surface area contributed by atoms with Crippen molar-refractivity contribution in [2.75, 3.05) is 18.1 Å². The van der Waals surface area contributed by atoms with E-state index in [4.69, 9.17) is 0 Å². The highest BCUT2D eigenvalue weighted by Gasteiger charge is 2.47. The quantitative estimate of drug-likeness (QED) is 0.610. The molecular weight excluding hydrogens is 382 g/mol. The van der Waals surface area contributed by atoms with E-state index in [-0.39, 0.29) is 42.5 Å². The van der Waals surface area contributed by atoms with Gasteiger partial charge in [0.15, 0.2) is 4.34 Å². The fourth-order valence-electron chi connectivity index (χ4n) is 3.96. The number of thioether (sulfide) groups is 1. The Morgan fingerprint density at radius 2 is 1.96 bits per heavy atom. The lowest BCUT2D eigenvalue weighted by atomic mass is 9.81.